The van der Waals surface area contributed by atoms with Crippen molar-refractivity contribution in [2.45, 2.75) is 0 Å². The molecule has 0 fully saturated rings. The van der Waals surface area contributed by atoms with Gasteiger partial charge in [-0.3, -0.25) is 4.90 Å². The quantitative estimate of drug-likeness (QED) is 0.537. The van der Waals surface area contributed by atoms with Gasteiger partial charge < -0.3 is 4.74 Å². The molecule has 0 aliphatic rings. The highest BCUT2D eigenvalue weighted by Gasteiger charge is 2.06. The maximum Gasteiger partial charge on any atom is 0.338 e. The summed E-state index contributed by atoms with van der Waals surface area (Å²) >= 11 is 0. The van der Waals surface area contributed by atoms with E-state index in [-0.39, 0.29) is 5.97 Å². The zero-order valence-electron chi connectivity index (χ0n) is 11.9. The van der Waals surface area contributed by atoms with Gasteiger partial charge in [-0.1, -0.05) is 49.6 Å². The second-order valence-corrected chi connectivity index (χ2v) is 4.42. The van der Waals surface area contributed by atoms with Gasteiger partial charge in [0.1, 0.15) is 6.61 Å². The van der Waals surface area contributed by atoms with Crippen LogP contribution in [0.2, 0.25) is 0 Å². The van der Waals surface area contributed by atoms with Crippen LogP contribution < -0.4 is 0 Å². The van der Waals surface area contributed by atoms with Gasteiger partial charge in [0.05, 0.1) is 5.56 Å². The average Bonchev–Trinajstić information content (AvgIpc) is 2.47. The number of rotatable bonds is 8. The van der Waals surface area contributed by atoms with Gasteiger partial charge >= 0.3 is 5.97 Å². The van der Waals surface area contributed by atoms with Crippen LogP contribution in [0.1, 0.15) is 10.4 Å². The van der Waals surface area contributed by atoms with Crippen LogP contribution in [-0.4, -0.2) is 37.6 Å². The summed E-state index contributed by atoms with van der Waals surface area (Å²) < 4.78 is 5.23. The van der Waals surface area contributed by atoms with Crippen molar-refractivity contribution in [3.05, 3.63) is 72.9 Å². The lowest BCUT2D eigenvalue weighted by Gasteiger charge is -2.17. The average molecular weight is 271 g/mol. The number of carbonyl (C=O) groups is 1. The number of hydrogen-bond acceptors (Lipinski definition) is 3. The number of hydrogen-bond donors (Lipinski definition) is 0. The predicted octanol–water partition coefficient (Wildman–Crippen LogP) is 3.07. The van der Waals surface area contributed by atoms with Gasteiger partial charge in [0.15, 0.2) is 0 Å². The predicted molar refractivity (Wildman–Crippen MR) is 82.7 cm³/mol. The van der Waals surface area contributed by atoms with E-state index in [0.29, 0.717) is 18.7 Å². The summed E-state index contributed by atoms with van der Waals surface area (Å²) in [6.07, 6.45) is 5.45. The van der Waals surface area contributed by atoms with E-state index in [2.05, 4.69) is 18.1 Å². The molecule has 1 aromatic carbocycles. The van der Waals surface area contributed by atoms with Crippen LogP contribution in [0.5, 0.6) is 0 Å². The standard InChI is InChI=1S/C17H21NO2/c1-4-9-15(5-2)14-18(3)12-13-20-17(19)16-10-7-6-8-11-16/h4-11H,1-2,12-14H2,3H3/b15-9+. The third-order valence-corrected chi connectivity index (χ3v) is 2.76. The fourth-order valence-corrected chi connectivity index (χ4v) is 1.68. The third kappa shape index (κ3) is 5.67. The third-order valence-electron chi connectivity index (χ3n) is 2.76. The van der Waals surface area contributed by atoms with E-state index >= 15 is 0 Å². The maximum atomic E-state index is 11.7. The molecular weight excluding hydrogens is 250 g/mol. The van der Waals surface area contributed by atoms with Crippen LogP contribution in [0.25, 0.3) is 0 Å². The second kappa shape index (κ2) is 8.88. The maximum absolute atomic E-state index is 11.7. The van der Waals surface area contributed by atoms with Crippen molar-refractivity contribution in [3.63, 3.8) is 0 Å². The molecule has 3 heteroatoms. The molecule has 1 rings (SSSR count). The minimum atomic E-state index is -0.287. The summed E-state index contributed by atoms with van der Waals surface area (Å²) in [5.41, 5.74) is 1.66. The Hall–Kier alpha value is -2.13. The highest BCUT2D eigenvalue weighted by molar-refractivity contribution is 5.89. The number of carbonyl (C=O) groups excluding carboxylic acids is 1. The summed E-state index contributed by atoms with van der Waals surface area (Å²) in [5.74, 6) is -0.287. The first-order valence-electron chi connectivity index (χ1n) is 6.52. The van der Waals surface area contributed by atoms with E-state index < -0.39 is 0 Å². The molecule has 0 aliphatic carbocycles. The molecular formula is C17H21NO2. The minimum absolute atomic E-state index is 0.287. The van der Waals surface area contributed by atoms with E-state index in [1.54, 1.807) is 24.3 Å². The molecule has 0 saturated carbocycles. The number of benzene rings is 1. The van der Waals surface area contributed by atoms with Crippen LogP contribution in [0.3, 0.4) is 0 Å². The van der Waals surface area contributed by atoms with Gasteiger partial charge in [0.25, 0.3) is 0 Å². The van der Waals surface area contributed by atoms with Crippen molar-refractivity contribution in [2.24, 2.45) is 0 Å². The lowest BCUT2D eigenvalue weighted by atomic mass is 10.2. The first-order chi connectivity index (χ1) is 9.67. The van der Waals surface area contributed by atoms with Crippen molar-refractivity contribution in [1.29, 1.82) is 0 Å². The van der Waals surface area contributed by atoms with Crippen LogP contribution in [0.4, 0.5) is 0 Å². The van der Waals surface area contributed by atoms with Gasteiger partial charge in [0.2, 0.25) is 0 Å². The molecule has 1 aromatic rings. The zero-order valence-corrected chi connectivity index (χ0v) is 11.9. The normalized spacial score (nSPS) is 11.2. The molecule has 106 valence electrons. The van der Waals surface area contributed by atoms with Crippen LogP contribution in [0.15, 0.2) is 67.3 Å². The Balaban J connectivity index is 2.33. The molecule has 0 unspecified atom stereocenters. The molecule has 0 N–H and O–H groups in total. The number of esters is 1. The van der Waals surface area contributed by atoms with Crippen molar-refractivity contribution in [3.8, 4) is 0 Å². The lowest BCUT2D eigenvalue weighted by Crippen LogP contribution is -2.26. The van der Waals surface area contributed by atoms with E-state index in [9.17, 15) is 4.79 Å². The number of likely N-dealkylation sites (N-methyl/N-ethyl adjacent to an activating group) is 1. The van der Waals surface area contributed by atoms with Crippen molar-refractivity contribution in [1.82, 2.24) is 4.90 Å². The molecule has 3 nitrogen and oxygen atoms in total. The van der Waals surface area contributed by atoms with Gasteiger partial charge in [-0.05, 0) is 24.8 Å². The minimum Gasteiger partial charge on any atom is -0.461 e. The molecule has 0 spiro atoms. The van der Waals surface area contributed by atoms with Gasteiger partial charge in [0, 0.05) is 13.1 Å². The highest BCUT2D eigenvalue weighted by Crippen LogP contribution is 2.02. The smallest absolute Gasteiger partial charge is 0.338 e. The van der Waals surface area contributed by atoms with Crippen LogP contribution in [0, 0.1) is 0 Å². The van der Waals surface area contributed by atoms with Crippen molar-refractivity contribution in [2.75, 3.05) is 26.7 Å². The molecule has 20 heavy (non-hydrogen) atoms. The Bertz CT molecular complexity index is 477. The molecule has 0 atom stereocenters. The van der Waals surface area contributed by atoms with E-state index in [4.69, 9.17) is 4.74 Å². The Morgan fingerprint density at radius 1 is 1.30 bits per heavy atom. The van der Waals surface area contributed by atoms with Gasteiger partial charge in [-0.15, -0.1) is 0 Å². The largest absolute Gasteiger partial charge is 0.461 e. The number of allylic oxidation sites excluding steroid dienone is 2. The number of ether oxygens (including phenoxy) is 1. The summed E-state index contributed by atoms with van der Waals surface area (Å²) in [6.45, 7) is 9.20. The number of nitrogens with zero attached hydrogens (tertiary/aromatic N) is 1. The van der Waals surface area contributed by atoms with Crippen LogP contribution in [-0.2, 0) is 4.74 Å². The molecule has 0 saturated heterocycles. The Kier molecular flexibility index (Phi) is 7.07. The molecule has 0 radical (unpaired) electrons. The zero-order chi connectivity index (χ0) is 14.8. The van der Waals surface area contributed by atoms with Gasteiger partial charge in [-0.2, -0.15) is 0 Å². The Morgan fingerprint density at radius 3 is 2.60 bits per heavy atom. The highest BCUT2D eigenvalue weighted by atomic mass is 16.5. The van der Waals surface area contributed by atoms with E-state index in [1.807, 2.05) is 31.3 Å². The first kappa shape index (κ1) is 15.9. The molecule has 0 aliphatic heterocycles. The SMILES string of the molecule is C=C/C=C(\C=C)CN(C)CCOC(=O)c1ccccc1. The molecule has 0 bridgehead atoms. The van der Waals surface area contributed by atoms with Crippen LogP contribution >= 0.6 is 0 Å². The lowest BCUT2D eigenvalue weighted by molar-refractivity contribution is 0.0477. The fraction of sp³-hybridized carbons (Fsp3) is 0.235. The topological polar surface area (TPSA) is 29.5 Å². The fourth-order valence-electron chi connectivity index (χ4n) is 1.68. The summed E-state index contributed by atoms with van der Waals surface area (Å²) in [5, 5.41) is 0. The Morgan fingerprint density at radius 2 is 2.00 bits per heavy atom. The monoisotopic (exact) mass is 271 g/mol. The van der Waals surface area contributed by atoms with Gasteiger partial charge in [-0.25, -0.2) is 4.79 Å². The second-order valence-electron chi connectivity index (χ2n) is 4.42. The summed E-state index contributed by atoms with van der Waals surface area (Å²) in [7, 11) is 1.97. The first-order valence-corrected chi connectivity index (χ1v) is 6.52. The van der Waals surface area contributed by atoms with E-state index in [0.717, 1.165) is 12.1 Å². The molecule has 0 aromatic heterocycles. The van der Waals surface area contributed by atoms with E-state index in [1.165, 1.54) is 0 Å². The van der Waals surface area contributed by atoms with Crippen molar-refractivity contribution >= 4 is 5.97 Å². The van der Waals surface area contributed by atoms with Crippen molar-refractivity contribution < 1.29 is 9.53 Å². The summed E-state index contributed by atoms with van der Waals surface area (Å²) in [4.78, 5) is 13.8. The summed E-state index contributed by atoms with van der Waals surface area (Å²) in [6, 6.07) is 9.00. The Labute approximate surface area is 120 Å². The molecule has 0 heterocycles. The molecule has 0 amide bonds.